The van der Waals surface area contributed by atoms with Crippen molar-refractivity contribution in [2.75, 3.05) is 31.1 Å². The fraction of sp³-hybridized carbons (Fsp3) is 0.316. The highest BCUT2D eigenvalue weighted by Crippen LogP contribution is 2.20. The second kappa shape index (κ2) is 7.43. The summed E-state index contributed by atoms with van der Waals surface area (Å²) in [6.07, 6.45) is 0.694. The van der Waals surface area contributed by atoms with Gasteiger partial charge in [-0.05, 0) is 30.2 Å². The lowest BCUT2D eigenvalue weighted by molar-refractivity contribution is -0.131. The zero-order chi connectivity index (χ0) is 16.9. The van der Waals surface area contributed by atoms with Gasteiger partial charge in [0.25, 0.3) is 0 Å². The monoisotopic (exact) mass is 330 g/mol. The standard InChI is InChI=1S/C19H20F2N2O/c20-16-6-2-1-5-15(16)9-10-19(24)23-13-11-22(12-14-23)18-8-4-3-7-17(18)21/h1-8H,9-14H2. The van der Waals surface area contributed by atoms with Crippen molar-refractivity contribution in [1.82, 2.24) is 4.90 Å². The van der Waals surface area contributed by atoms with Crippen LogP contribution in [0.2, 0.25) is 0 Å². The Morgan fingerprint density at radius 3 is 2.17 bits per heavy atom. The Kier molecular flexibility index (Phi) is 5.08. The van der Waals surface area contributed by atoms with Crippen LogP contribution in [-0.4, -0.2) is 37.0 Å². The van der Waals surface area contributed by atoms with Crippen LogP contribution in [-0.2, 0) is 11.2 Å². The Morgan fingerprint density at radius 1 is 0.875 bits per heavy atom. The van der Waals surface area contributed by atoms with Crippen molar-refractivity contribution in [1.29, 1.82) is 0 Å². The fourth-order valence-electron chi connectivity index (χ4n) is 3.01. The van der Waals surface area contributed by atoms with Crippen molar-refractivity contribution in [3.05, 3.63) is 65.7 Å². The smallest absolute Gasteiger partial charge is 0.223 e. The van der Waals surface area contributed by atoms with Crippen molar-refractivity contribution in [2.45, 2.75) is 12.8 Å². The van der Waals surface area contributed by atoms with Gasteiger partial charge >= 0.3 is 0 Å². The van der Waals surface area contributed by atoms with E-state index in [1.807, 2.05) is 11.0 Å². The minimum atomic E-state index is -0.269. The number of hydrogen-bond donors (Lipinski definition) is 0. The third-order valence-corrected chi connectivity index (χ3v) is 4.39. The second-order valence-electron chi connectivity index (χ2n) is 5.91. The van der Waals surface area contributed by atoms with Crippen molar-refractivity contribution in [2.24, 2.45) is 0 Å². The third-order valence-electron chi connectivity index (χ3n) is 4.39. The van der Waals surface area contributed by atoms with Gasteiger partial charge in [0.1, 0.15) is 11.6 Å². The largest absolute Gasteiger partial charge is 0.366 e. The molecule has 0 aromatic heterocycles. The highest BCUT2D eigenvalue weighted by Gasteiger charge is 2.22. The number of rotatable bonds is 4. The van der Waals surface area contributed by atoms with E-state index in [2.05, 4.69) is 0 Å². The van der Waals surface area contributed by atoms with E-state index in [4.69, 9.17) is 0 Å². The molecule has 24 heavy (non-hydrogen) atoms. The molecule has 1 heterocycles. The number of hydrogen-bond acceptors (Lipinski definition) is 2. The summed E-state index contributed by atoms with van der Waals surface area (Å²) >= 11 is 0. The van der Waals surface area contributed by atoms with E-state index < -0.39 is 0 Å². The maximum atomic E-state index is 13.8. The van der Waals surface area contributed by atoms with Crippen LogP contribution in [0.3, 0.4) is 0 Å². The Bertz CT molecular complexity index is 712. The molecule has 3 nitrogen and oxygen atoms in total. The summed E-state index contributed by atoms with van der Waals surface area (Å²) in [7, 11) is 0. The SMILES string of the molecule is O=C(CCc1ccccc1F)N1CCN(c2ccccc2F)CC1. The number of para-hydroxylation sites is 1. The van der Waals surface area contributed by atoms with Gasteiger partial charge in [0.15, 0.2) is 0 Å². The molecule has 5 heteroatoms. The minimum Gasteiger partial charge on any atom is -0.366 e. The molecule has 0 bridgehead atoms. The van der Waals surface area contributed by atoms with Crippen LogP contribution in [0.15, 0.2) is 48.5 Å². The van der Waals surface area contributed by atoms with Crippen LogP contribution in [0.5, 0.6) is 0 Å². The van der Waals surface area contributed by atoms with E-state index in [1.165, 1.54) is 12.1 Å². The normalized spacial score (nSPS) is 14.8. The summed E-state index contributed by atoms with van der Waals surface area (Å²) in [5.41, 5.74) is 1.15. The number of carbonyl (C=O) groups excluding carboxylic acids is 1. The van der Waals surface area contributed by atoms with E-state index in [0.29, 0.717) is 50.3 Å². The molecule has 0 N–H and O–H groups in total. The Balaban J connectivity index is 1.52. The molecule has 1 aliphatic rings. The van der Waals surface area contributed by atoms with E-state index in [-0.39, 0.29) is 17.5 Å². The lowest BCUT2D eigenvalue weighted by Crippen LogP contribution is -2.49. The molecule has 1 saturated heterocycles. The number of anilines is 1. The van der Waals surface area contributed by atoms with Gasteiger partial charge in [-0.3, -0.25) is 4.79 Å². The maximum absolute atomic E-state index is 13.8. The molecule has 0 radical (unpaired) electrons. The van der Waals surface area contributed by atoms with E-state index in [0.717, 1.165) is 0 Å². The zero-order valence-corrected chi connectivity index (χ0v) is 13.4. The van der Waals surface area contributed by atoms with E-state index in [9.17, 15) is 13.6 Å². The molecular formula is C19H20F2N2O. The van der Waals surface area contributed by atoms with Gasteiger partial charge in [-0.15, -0.1) is 0 Å². The zero-order valence-electron chi connectivity index (χ0n) is 13.4. The quantitative estimate of drug-likeness (QED) is 0.859. The third kappa shape index (κ3) is 3.72. The molecule has 1 amide bonds. The second-order valence-corrected chi connectivity index (χ2v) is 5.91. The van der Waals surface area contributed by atoms with Gasteiger partial charge in [-0.2, -0.15) is 0 Å². The minimum absolute atomic E-state index is 0.0198. The lowest BCUT2D eigenvalue weighted by atomic mass is 10.1. The first kappa shape index (κ1) is 16.4. The number of amides is 1. The first-order valence-corrected chi connectivity index (χ1v) is 8.16. The first-order chi connectivity index (χ1) is 11.6. The van der Waals surface area contributed by atoms with Crippen LogP contribution in [0.25, 0.3) is 0 Å². The topological polar surface area (TPSA) is 23.6 Å². The van der Waals surface area contributed by atoms with Gasteiger partial charge in [0, 0.05) is 32.6 Å². The predicted molar refractivity (Wildman–Crippen MR) is 89.9 cm³/mol. The Morgan fingerprint density at radius 2 is 1.50 bits per heavy atom. The van der Waals surface area contributed by atoms with Crippen molar-refractivity contribution in [3.63, 3.8) is 0 Å². The highest BCUT2D eigenvalue weighted by atomic mass is 19.1. The van der Waals surface area contributed by atoms with Gasteiger partial charge < -0.3 is 9.80 Å². The summed E-state index contributed by atoms with van der Waals surface area (Å²) < 4.78 is 27.4. The Hall–Kier alpha value is -2.43. The molecule has 1 aliphatic heterocycles. The molecule has 2 aromatic rings. The van der Waals surface area contributed by atoms with Crippen LogP contribution in [0.4, 0.5) is 14.5 Å². The van der Waals surface area contributed by atoms with E-state index >= 15 is 0 Å². The molecule has 0 aliphatic carbocycles. The van der Waals surface area contributed by atoms with Crippen LogP contribution < -0.4 is 4.90 Å². The lowest BCUT2D eigenvalue weighted by Gasteiger charge is -2.36. The molecule has 0 unspecified atom stereocenters. The van der Waals surface area contributed by atoms with Crippen molar-refractivity contribution >= 4 is 11.6 Å². The van der Waals surface area contributed by atoms with Crippen molar-refractivity contribution in [3.8, 4) is 0 Å². The molecule has 3 rings (SSSR count). The predicted octanol–water partition coefficient (Wildman–Crippen LogP) is 3.25. The van der Waals surface area contributed by atoms with Crippen LogP contribution in [0.1, 0.15) is 12.0 Å². The number of piperazine rings is 1. The number of benzene rings is 2. The molecule has 126 valence electrons. The van der Waals surface area contributed by atoms with Crippen LogP contribution >= 0.6 is 0 Å². The summed E-state index contributed by atoms with van der Waals surface area (Å²) in [5.74, 6) is -0.488. The highest BCUT2D eigenvalue weighted by molar-refractivity contribution is 5.76. The summed E-state index contributed by atoms with van der Waals surface area (Å²) in [6, 6.07) is 13.2. The number of nitrogens with zero attached hydrogens (tertiary/aromatic N) is 2. The fourth-order valence-corrected chi connectivity index (χ4v) is 3.01. The molecule has 0 atom stereocenters. The average Bonchev–Trinajstić information content (AvgIpc) is 2.61. The average molecular weight is 330 g/mol. The molecule has 1 fully saturated rings. The summed E-state index contributed by atoms with van der Waals surface area (Å²) in [5, 5.41) is 0. The molecule has 0 saturated carbocycles. The van der Waals surface area contributed by atoms with E-state index in [1.54, 1.807) is 35.2 Å². The summed E-state index contributed by atoms with van der Waals surface area (Å²) in [4.78, 5) is 16.0. The number of carbonyl (C=O) groups is 1. The molecule has 0 spiro atoms. The van der Waals surface area contributed by atoms with Gasteiger partial charge in [-0.25, -0.2) is 8.78 Å². The number of halogens is 2. The summed E-state index contributed by atoms with van der Waals surface area (Å²) in [6.45, 7) is 2.33. The molecule has 2 aromatic carbocycles. The number of aryl methyl sites for hydroxylation is 1. The van der Waals surface area contributed by atoms with Gasteiger partial charge in [0.2, 0.25) is 5.91 Å². The first-order valence-electron chi connectivity index (χ1n) is 8.16. The van der Waals surface area contributed by atoms with Gasteiger partial charge in [-0.1, -0.05) is 30.3 Å². The Labute approximate surface area is 140 Å². The molecular weight excluding hydrogens is 310 g/mol. The maximum Gasteiger partial charge on any atom is 0.223 e. The van der Waals surface area contributed by atoms with Crippen molar-refractivity contribution < 1.29 is 13.6 Å². The van der Waals surface area contributed by atoms with Crippen LogP contribution in [0, 0.1) is 11.6 Å². The van der Waals surface area contributed by atoms with Gasteiger partial charge in [0.05, 0.1) is 5.69 Å².